The molecule has 7 aromatic rings. The first kappa shape index (κ1) is 45.5. The van der Waals surface area contributed by atoms with Crippen LogP contribution in [0.3, 0.4) is 0 Å². The molecule has 0 amide bonds. The molecule has 0 spiro atoms. The summed E-state index contributed by atoms with van der Waals surface area (Å²) in [5.74, 6) is -0.896. The highest BCUT2D eigenvalue weighted by Gasteiger charge is 2.33. The van der Waals surface area contributed by atoms with E-state index >= 15 is 0 Å². The molecular weight excluding hydrogens is 869 g/mol. The monoisotopic (exact) mass is 910 g/mol. The van der Waals surface area contributed by atoms with Gasteiger partial charge in [0.15, 0.2) is 6.04 Å². The van der Waals surface area contributed by atoms with Crippen molar-refractivity contribution in [3.8, 4) is 16.9 Å². The molecule has 326 valence electrons. The van der Waals surface area contributed by atoms with Gasteiger partial charge in [-0.3, -0.25) is 9.44 Å². The number of carbonyl (C=O) groups excluding carboxylic acids is 1. The Morgan fingerprint density at radius 2 is 1.32 bits per heavy atom. The lowest BCUT2D eigenvalue weighted by atomic mass is 9.87. The van der Waals surface area contributed by atoms with Gasteiger partial charge < -0.3 is 23.7 Å². The number of rotatable bonds is 13. The van der Waals surface area contributed by atoms with E-state index in [-0.39, 0.29) is 12.4 Å². The molecule has 5 aromatic carbocycles. The average molecular weight is 911 g/mol. The Hall–Kier alpha value is -6.01. The number of anilines is 2. The van der Waals surface area contributed by atoms with Crippen molar-refractivity contribution in [2.75, 3.05) is 35.7 Å². The van der Waals surface area contributed by atoms with Gasteiger partial charge in [-0.1, -0.05) is 73.1 Å². The number of methoxy groups -OCH3 is 1. The summed E-state index contributed by atoms with van der Waals surface area (Å²) >= 11 is 6.02. The molecule has 2 atom stereocenters. The number of halogens is 4. The molecule has 0 aliphatic heterocycles. The lowest BCUT2D eigenvalue weighted by molar-refractivity contribution is -0.274. The number of aromatic nitrogens is 2. The Bertz CT molecular complexity index is 2930. The number of aliphatic hydroxyl groups is 1. The summed E-state index contributed by atoms with van der Waals surface area (Å²) in [7, 11) is -5.65. The Kier molecular flexibility index (Phi) is 13.3. The van der Waals surface area contributed by atoms with E-state index in [2.05, 4.69) is 14.2 Å². The molecule has 12 nitrogen and oxygen atoms in total. The molecule has 0 fully saturated rings. The summed E-state index contributed by atoms with van der Waals surface area (Å²) in [6.07, 6.45) is 1.58. The normalized spacial score (nSPS) is 13.4. The first-order valence-corrected chi connectivity index (χ1v) is 23.0. The predicted molar refractivity (Wildman–Crippen MR) is 235 cm³/mol. The zero-order valence-corrected chi connectivity index (χ0v) is 36.1. The highest BCUT2D eigenvalue weighted by Crippen LogP contribution is 2.37. The number of sulfonamides is 2. The van der Waals surface area contributed by atoms with Gasteiger partial charge in [0.2, 0.25) is 20.0 Å². The first-order valence-electron chi connectivity index (χ1n) is 18.8. The average Bonchev–Trinajstić information content (AvgIpc) is 3.85. The van der Waals surface area contributed by atoms with E-state index in [9.17, 15) is 39.9 Å². The summed E-state index contributed by atoms with van der Waals surface area (Å²) in [6.45, 7) is 1.91. The van der Waals surface area contributed by atoms with E-state index in [0.717, 1.165) is 29.0 Å². The van der Waals surface area contributed by atoms with Crippen molar-refractivity contribution in [2.45, 2.75) is 31.3 Å². The SMILES string of the molecule is CC[C@](CO)(c1ccc(Cl)cc1)n1ccc2c(NS(C)(=O)=O)cccc21.COC(=O)C(c1cccc(-c2ccc(OC(F)(F)F)cc2)c1)n1ccc2c(NS(C)(=O)=O)cccc21. The van der Waals surface area contributed by atoms with Crippen LogP contribution >= 0.6 is 11.6 Å². The van der Waals surface area contributed by atoms with Gasteiger partial charge in [0, 0.05) is 28.2 Å². The Morgan fingerprint density at radius 1 is 0.758 bits per heavy atom. The minimum Gasteiger partial charge on any atom is -0.467 e. The predicted octanol–water partition coefficient (Wildman–Crippen LogP) is 9.15. The molecule has 62 heavy (non-hydrogen) atoms. The number of fused-ring (bicyclic) bond motifs is 2. The third-order valence-electron chi connectivity index (χ3n) is 10.1. The lowest BCUT2D eigenvalue weighted by Gasteiger charge is -2.34. The summed E-state index contributed by atoms with van der Waals surface area (Å²) in [5.41, 5.74) is 4.43. The number of hydrogen-bond donors (Lipinski definition) is 3. The fraction of sp³-hybridized carbons (Fsp3) is 0.205. The van der Waals surface area contributed by atoms with Crippen LogP contribution in [-0.4, -0.2) is 69.6 Å². The maximum atomic E-state index is 12.9. The van der Waals surface area contributed by atoms with Gasteiger partial charge in [0.05, 0.1) is 54.2 Å². The van der Waals surface area contributed by atoms with Crippen molar-refractivity contribution >= 4 is 70.8 Å². The smallest absolute Gasteiger partial charge is 0.467 e. The minimum absolute atomic E-state index is 0.0986. The van der Waals surface area contributed by atoms with Crippen LogP contribution in [0, 0.1) is 0 Å². The summed E-state index contributed by atoms with van der Waals surface area (Å²) < 4.78 is 102. The zero-order valence-electron chi connectivity index (χ0n) is 33.7. The van der Waals surface area contributed by atoms with E-state index in [4.69, 9.17) is 16.3 Å². The Balaban J connectivity index is 0.000000218. The number of alkyl halides is 3. The third-order valence-corrected chi connectivity index (χ3v) is 11.5. The molecule has 0 saturated carbocycles. The summed E-state index contributed by atoms with van der Waals surface area (Å²) in [6, 6.07) is 32.9. The van der Waals surface area contributed by atoms with Crippen LogP contribution in [-0.2, 0) is 35.1 Å². The van der Waals surface area contributed by atoms with Crippen LogP contribution in [0.1, 0.15) is 30.5 Å². The van der Waals surface area contributed by atoms with E-state index < -0.39 is 44.0 Å². The van der Waals surface area contributed by atoms with Crippen LogP contribution < -0.4 is 14.2 Å². The lowest BCUT2D eigenvalue weighted by Crippen LogP contribution is -2.37. The van der Waals surface area contributed by atoms with Crippen molar-refractivity contribution in [1.82, 2.24) is 9.13 Å². The number of benzene rings is 5. The Labute approximate surface area is 361 Å². The molecule has 1 unspecified atom stereocenters. The molecule has 2 heterocycles. The van der Waals surface area contributed by atoms with Crippen LogP contribution in [0.25, 0.3) is 32.9 Å². The van der Waals surface area contributed by atoms with Crippen molar-refractivity contribution in [3.05, 3.63) is 150 Å². The number of nitrogens with one attached hydrogen (secondary N) is 2. The topological polar surface area (TPSA) is 158 Å². The fourth-order valence-corrected chi connectivity index (χ4v) is 8.63. The highest BCUT2D eigenvalue weighted by molar-refractivity contribution is 7.92. The highest BCUT2D eigenvalue weighted by atomic mass is 35.5. The Morgan fingerprint density at radius 3 is 1.87 bits per heavy atom. The number of carbonyl (C=O) groups is 1. The molecule has 0 radical (unpaired) electrons. The van der Waals surface area contributed by atoms with Crippen molar-refractivity contribution in [2.24, 2.45) is 0 Å². The van der Waals surface area contributed by atoms with Gasteiger partial charge in [-0.2, -0.15) is 0 Å². The fourth-order valence-electron chi connectivity index (χ4n) is 7.34. The minimum atomic E-state index is -4.79. The molecule has 3 N–H and O–H groups in total. The molecule has 0 aliphatic carbocycles. The molecule has 0 aliphatic rings. The molecular formula is C44H42ClF3N4O8S2. The van der Waals surface area contributed by atoms with E-state index in [1.165, 1.54) is 31.4 Å². The van der Waals surface area contributed by atoms with Gasteiger partial charge in [-0.25, -0.2) is 21.6 Å². The maximum absolute atomic E-state index is 12.9. The molecule has 0 saturated heterocycles. The van der Waals surface area contributed by atoms with Gasteiger partial charge in [0.1, 0.15) is 5.75 Å². The number of ether oxygens (including phenoxy) is 2. The van der Waals surface area contributed by atoms with Gasteiger partial charge in [0.25, 0.3) is 0 Å². The van der Waals surface area contributed by atoms with Crippen molar-refractivity contribution in [3.63, 3.8) is 0 Å². The number of nitrogens with zero attached hydrogens (tertiary/aromatic N) is 2. The third kappa shape index (κ3) is 10.4. The van der Waals surface area contributed by atoms with Gasteiger partial charge in [-0.15, -0.1) is 13.2 Å². The summed E-state index contributed by atoms with van der Waals surface area (Å²) in [4.78, 5) is 12.9. The second-order valence-corrected chi connectivity index (χ2v) is 18.2. The number of esters is 1. The van der Waals surface area contributed by atoms with Crippen LogP contribution in [0.4, 0.5) is 24.5 Å². The van der Waals surface area contributed by atoms with Crippen molar-refractivity contribution < 1.29 is 49.4 Å². The number of aliphatic hydroxyl groups excluding tert-OH is 1. The van der Waals surface area contributed by atoms with Gasteiger partial charge >= 0.3 is 12.3 Å². The first-order chi connectivity index (χ1) is 29.3. The van der Waals surface area contributed by atoms with E-state index in [0.29, 0.717) is 50.4 Å². The second-order valence-electron chi connectivity index (χ2n) is 14.3. The maximum Gasteiger partial charge on any atom is 0.573 e. The summed E-state index contributed by atoms with van der Waals surface area (Å²) in [5, 5.41) is 12.3. The van der Waals surface area contributed by atoms with E-state index in [1.807, 2.05) is 42.0 Å². The largest absolute Gasteiger partial charge is 0.573 e. The van der Waals surface area contributed by atoms with Crippen LogP contribution in [0.15, 0.2) is 134 Å². The molecule has 7 rings (SSSR count). The molecule has 2 aromatic heterocycles. The number of hydrogen-bond acceptors (Lipinski definition) is 8. The quantitative estimate of drug-likeness (QED) is 0.0967. The zero-order chi connectivity index (χ0) is 45.0. The standard InChI is InChI=1S/C25H21F3N2O5S.C19H21ClN2O3S/c1-34-24(31)23(30-14-13-20-21(29-36(2,32)33)7-4-8-22(20)30)18-6-3-5-17(15-18)16-9-11-19(12-10-16)35-25(26,27)28;1-3-19(13-23,14-7-9-15(20)10-8-14)22-12-11-16-17(21-26(2,24)25)5-4-6-18(16)22/h3-15,23,29H,1-2H3;4-12,21,23H,3,13H2,1-2H3/t;19-/m.0/s1. The molecule has 18 heteroatoms. The van der Waals surface area contributed by atoms with E-state index in [1.54, 1.807) is 83.6 Å². The van der Waals surface area contributed by atoms with Crippen LogP contribution in [0.2, 0.25) is 5.02 Å². The second kappa shape index (κ2) is 18.1. The van der Waals surface area contributed by atoms with Crippen LogP contribution in [0.5, 0.6) is 5.75 Å². The van der Waals surface area contributed by atoms with Gasteiger partial charge in [-0.05, 0) is 95.4 Å². The van der Waals surface area contributed by atoms with Crippen molar-refractivity contribution in [1.29, 1.82) is 0 Å². The molecule has 0 bridgehead atoms.